The van der Waals surface area contributed by atoms with Crippen LogP contribution in [0, 0.1) is 0 Å². The Morgan fingerprint density at radius 2 is 2.20 bits per heavy atom. The van der Waals surface area contributed by atoms with Gasteiger partial charge in [-0.2, -0.15) is 0 Å². The third-order valence-electron chi connectivity index (χ3n) is 3.55. The van der Waals surface area contributed by atoms with Crippen molar-refractivity contribution in [2.75, 3.05) is 26.9 Å². The maximum absolute atomic E-state index is 12.7. The number of amides is 1. The molecule has 1 heterocycles. The van der Waals surface area contributed by atoms with E-state index in [1.807, 2.05) is 37.3 Å². The number of hydrogen-bond donors (Lipinski definition) is 1. The number of ether oxygens (including phenoxy) is 2. The van der Waals surface area contributed by atoms with Crippen LogP contribution in [0.5, 0.6) is 0 Å². The molecule has 1 fully saturated rings. The van der Waals surface area contributed by atoms with Crippen LogP contribution in [0.3, 0.4) is 0 Å². The molecule has 1 N–H and O–H groups in total. The summed E-state index contributed by atoms with van der Waals surface area (Å²) < 4.78 is 10.8. The van der Waals surface area contributed by atoms with E-state index in [-0.39, 0.29) is 24.7 Å². The monoisotopic (exact) mass is 279 g/mol. The highest BCUT2D eigenvalue weighted by Gasteiger charge is 2.33. The van der Waals surface area contributed by atoms with Crippen LogP contribution < -0.4 is 0 Å². The molecule has 5 heteroatoms. The van der Waals surface area contributed by atoms with Crippen molar-refractivity contribution < 1.29 is 19.4 Å². The molecule has 0 bridgehead atoms. The smallest absolute Gasteiger partial charge is 0.256 e. The van der Waals surface area contributed by atoms with E-state index < -0.39 is 6.10 Å². The number of carbonyl (C=O) groups is 1. The molecule has 1 aliphatic heterocycles. The molecule has 1 amide bonds. The van der Waals surface area contributed by atoms with E-state index in [2.05, 4.69) is 0 Å². The van der Waals surface area contributed by atoms with Gasteiger partial charge in [-0.3, -0.25) is 4.79 Å². The van der Waals surface area contributed by atoms with Crippen molar-refractivity contribution in [2.24, 2.45) is 0 Å². The quantitative estimate of drug-likeness (QED) is 0.892. The molecule has 1 aromatic rings. The zero-order chi connectivity index (χ0) is 14.5. The fraction of sp³-hybridized carbons (Fsp3) is 0.533. The van der Waals surface area contributed by atoms with Crippen molar-refractivity contribution in [1.29, 1.82) is 0 Å². The second kappa shape index (κ2) is 6.83. The molecule has 1 aliphatic rings. The molecule has 0 aromatic heterocycles. The second-order valence-electron chi connectivity index (χ2n) is 5.00. The topological polar surface area (TPSA) is 59.0 Å². The number of methoxy groups -OCH3 is 1. The van der Waals surface area contributed by atoms with Gasteiger partial charge in [0.1, 0.15) is 0 Å². The lowest BCUT2D eigenvalue weighted by molar-refractivity contribution is -0.156. The van der Waals surface area contributed by atoms with E-state index in [1.54, 1.807) is 4.90 Å². The normalized spacial score (nSPS) is 24.4. The van der Waals surface area contributed by atoms with Crippen LogP contribution in [0.2, 0.25) is 0 Å². The molecule has 3 atom stereocenters. The number of carbonyl (C=O) groups excluding carboxylic acids is 1. The van der Waals surface area contributed by atoms with Crippen LogP contribution >= 0.6 is 0 Å². The number of aliphatic hydroxyl groups is 1. The third-order valence-corrected chi connectivity index (χ3v) is 3.55. The molecule has 2 unspecified atom stereocenters. The van der Waals surface area contributed by atoms with Gasteiger partial charge in [-0.1, -0.05) is 30.3 Å². The van der Waals surface area contributed by atoms with E-state index >= 15 is 0 Å². The first-order valence-electron chi connectivity index (χ1n) is 6.78. The minimum atomic E-state index is -0.615. The number of hydrogen-bond acceptors (Lipinski definition) is 4. The molecule has 0 spiro atoms. The van der Waals surface area contributed by atoms with Gasteiger partial charge >= 0.3 is 0 Å². The van der Waals surface area contributed by atoms with Crippen LogP contribution in [0.25, 0.3) is 0 Å². The summed E-state index contributed by atoms with van der Waals surface area (Å²) in [4.78, 5) is 14.4. The van der Waals surface area contributed by atoms with Crippen molar-refractivity contribution in [1.82, 2.24) is 4.90 Å². The number of nitrogens with zero attached hydrogens (tertiary/aromatic N) is 1. The Kier molecular flexibility index (Phi) is 5.11. The Bertz CT molecular complexity index is 437. The standard InChI is InChI=1S/C15H21NO4/c1-11-10-20-13(9-17)8-16(11)15(18)14(19-2)12-6-4-3-5-7-12/h3-7,11,13-14,17H,8-10H2,1-2H3/t11?,13?,14-/m1/s1. The Labute approximate surface area is 119 Å². The largest absolute Gasteiger partial charge is 0.394 e. The van der Waals surface area contributed by atoms with Crippen LogP contribution in [0.4, 0.5) is 0 Å². The van der Waals surface area contributed by atoms with E-state index in [9.17, 15) is 9.90 Å². The number of aliphatic hydroxyl groups excluding tert-OH is 1. The summed E-state index contributed by atoms with van der Waals surface area (Å²) in [6.07, 6.45) is -0.931. The highest BCUT2D eigenvalue weighted by molar-refractivity contribution is 5.82. The van der Waals surface area contributed by atoms with Gasteiger partial charge in [0.15, 0.2) is 6.10 Å². The summed E-state index contributed by atoms with van der Waals surface area (Å²) >= 11 is 0. The highest BCUT2D eigenvalue weighted by atomic mass is 16.5. The fourth-order valence-corrected chi connectivity index (χ4v) is 2.39. The van der Waals surface area contributed by atoms with Gasteiger partial charge in [-0.05, 0) is 12.5 Å². The van der Waals surface area contributed by atoms with E-state index in [0.29, 0.717) is 13.2 Å². The molecule has 0 aliphatic carbocycles. The molecule has 1 aromatic carbocycles. The number of morpholine rings is 1. The Balaban J connectivity index is 2.15. The van der Waals surface area contributed by atoms with Gasteiger partial charge in [0.2, 0.25) is 0 Å². The Hall–Kier alpha value is -1.43. The van der Waals surface area contributed by atoms with Crippen molar-refractivity contribution in [3.63, 3.8) is 0 Å². The molecule has 1 saturated heterocycles. The summed E-state index contributed by atoms with van der Waals surface area (Å²) in [6.45, 7) is 2.67. The molecule has 2 rings (SSSR count). The van der Waals surface area contributed by atoms with Gasteiger partial charge in [0, 0.05) is 13.7 Å². The average Bonchev–Trinajstić information content (AvgIpc) is 2.49. The van der Waals surface area contributed by atoms with Crippen molar-refractivity contribution >= 4 is 5.91 Å². The SMILES string of the molecule is CO[C@@H](C(=O)N1CC(CO)OCC1C)c1ccccc1. The van der Waals surface area contributed by atoms with E-state index in [1.165, 1.54) is 7.11 Å². The van der Waals surface area contributed by atoms with Gasteiger partial charge in [-0.15, -0.1) is 0 Å². The highest BCUT2D eigenvalue weighted by Crippen LogP contribution is 2.22. The molecular weight excluding hydrogens is 258 g/mol. The molecule has 0 saturated carbocycles. The zero-order valence-corrected chi connectivity index (χ0v) is 11.9. The van der Waals surface area contributed by atoms with Crippen LogP contribution in [0.15, 0.2) is 30.3 Å². The van der Waals surface area contributed by atoms with E-state index in [4.69, 9.17) is 9.47 Å². The van der Waals surface area contributed by atoms with Crippen molar-refractivity contribution in [3.05, 3.63) is 35.9 Å². The third kappa shape index (κ3) is 3.17. The van der Waals surface area contributed by atoms with Crippen LogP contribution in [0.1, 0.15) is 18.6 Å². The summed E-state index contributed by atoms with van der Waals surface area (Å²) in [5, 5.41) is 9.20. The first-order valence-corrected chi connectivity index (χ1v) is 6.78. The van der Waals surface area contributed by atoms with Crippen molar-refractivity contribution in [2.45, 2.75) is 25.2 Å². The van der Waals surface area contributed by atoms with Crippen LogP contribution in [-0.2, 0) is 14.3 Å². The lowest BCUT2D eigenvalue weighted by Gasteiger charge is -2.39. The lowest BCUT2D eigenvalue weighted by Crippen LogP contribution is -2.53. The van der Waals surface area contributed by atoms with Gasteiger partial charge in [-0.25, -0.2) is 0 Å². The molecule has 0 radical (unpaired) electrons. The maximum Gasteiger partial charge on any atom is 0.256 e. The summed E-state index contributed by atoms with van der Waals surface area (Å²) in [5.74, 6) is -0.0899. The summed E-state index contributed by atoms with van der Waals surface area (Å²) in [7, 11) is 1.53. The first kappa shape index (κ1) is 15.0. The summed E-state index contributed by atoms with van der Waals surface area (Å²) in [6, 6.07) is 9.40. The molecule has 20 heavy (non-hydrogen) atoms. The first-order chi connectivity index (χ1) is 9.67. The van der Waals surface area contributed by atoms with Crippen LogP contribution in [-0.4, -0.2) is 54.9 Å². The molecule has 5 nitrogen and oxygen atoms in total. The Morgan fingerprint density at radius 1 is 1.50 bits per heavy atom. The number of rotatable bonds is 4. The molecule has 110 valence electrons. The zero-order valence-electron chi connectivity index (χ0n) is 11.9. The van der Waals surface area contributed by atoms with Gasteiger partial charge in [0.25, 0.3) is 5.91 Å². The summed E-state index contributed by atoms with van der Waals surface area (Å²) in [5.41, 5.74) is 0.833. The van der Waals surface area contributed by atoms with Crippen molar-refractivity contribution in [3.8, 4) is 0 Å². The predicted molar refractivity (Wildman–Crippen MR) is 74.2 cm³/mol. The van der Waals surface area contributed by atoms with Gasteiger partial charge in [0.05, 0.1) is 25.4 Å². The minimum absolute atomic E-state index is 0.0216. The molecular formula is C15H21NO4. The minimum Gasteiger partial charge on any atom is -0.394 e. The second-order valence-corrected chi connectivity index (χ2v) is 5.00. The Morgan fingerprint density at radius 3 is 2.80 bits per heavy atom. The van der Waals surface area contributed by atoms with Gasteiger partial charge < -0.3 is 19.5 Å². The maximum atomic E-state index is 12.7. The predicted octanol–water partition coefficient (Wildman–Crippen LogP) is 0.982. The average molecular weight is 279 g/mol. The fourth-order valence-electron chi connectivity index (χ4n) is 2.39. The van der Waals surface area contributed by atoms with E-state index in [0.717, 1.165) is 5.56 Å². The lowest BCUT2D eigenvalue weighted by atomic mass is 10.1. The number of benzene rings is 1.